The molecule has 1 aliphatic rings. The quantitative estimate of drug-likeness (QED) is 0.879. The lowest BCUT2D eigenvalue weighted by atomic mass is 10.2. The molecular weight excluding hydrogens is 254 g/mol. The van der Waals surface area contributed by atoms with Crippen LogP contribution in [0.15, 0.2) is 11.2 Å². The number of likely N-dealkylation sites (N-methyl/N-ethyl adjacent to an activating group) is 1. The third-order valence-corrected chi connectivity index (χ3v) is 5.19. The van der Waals surface area contributed by atoms with Gasteiger partial charge in [0.1, 0.15) is 5.82 Å². The summed E-state index contributed by atoms with van der Waals surface area (Å²) in [6.45, 7) is 4.43. The smallest absolute Gasteiger partial charge is 0.260 e. The van der Waals surface area contributed by atoms with Crippen LogP contribution in [0.25, 0.3) is 0 Å². The Kier molecular flexibility index (Phi) is 3.74. The molecule has 7 heteroatoms. The zero-order valence-electron chi connectivity index (χ0n) is 10.9. The second kappa shape index (κ2) is 4.99. The van der Waals surface area contributed by atoms with Crippen LogP contribution in [0.4, 0.5) is 0 Å². The summed E-state index contributed by atoms with van der Waals surface area (Å²) >= 11 is 0. The van der Waals surface area contributed by atoms with Gasteiger partial charge in [-0.2, -0.15) is 4.31 Å². The van der Waals surface area contributed by atoms with Crippen LogP contribution in [0.5, 0.6) is 0 Å². The SMILES string of the molecule is CCc1ncc(S(=O)(=O)N(C)C2CCOC2C)[nH]1. The molecule has 0 bridgehead atoms. The molecule has 0 spiro atoms. The maximum absolute atomic E-state index is 12.4. The van der Waals surface area contributed by atoms with Gasteiger partial charge in [0.05, 0.1) is 18.3 Å². The molecule has 0 amide bonds. The first-order chi connectivity index (χ1) is 8.46. The molecule has 2 heterocycles. The third-order valence-electron chi connectivity index (χ3n) is 3.40. The zero-order chi connectivity index (χ0) is 13.3. The number of H-pyrrole nitrogens is 1. The molecule has 102 valence electrons. The topological polar surface area (TPSA) is 75.3 Å². The molecule has 0 radical (unpaired) electrons. The van der Waals surface area contributed by atoms with Gasteiger partial charge in [0.15, 0.2) is 5.03 Å². The maximum atomic E-state index is 12.4. The Hall–Kier alpha value is -0.920. The van der Waals surface area contributed by atoms with Crippen LogP contribution in [0.2, 0.25) is 0 Å². The highest BCUT2D eigenvalue weighted by Gasteiger charge is 2.36. The second-order valence-electron chi connectivity index (χ2n) is 4.50. The highest BCUT2D eigenvalue weighted by molar-refractivity contribution is 7.89. The molecule has 18 heavy (non-hydrogen) atoms. The summed E-state index contributed by atoms with van der Waals surface area (Å²) in [6, 6.07) is -0.108. The lowest BCUT2D eigenvalue weighted by Crippen LogP contribution is -2.41. The van der Waals surface area contributed by atoms with E-state index in [4.69, 9.17) is 4.74 Å². The highest BCUT2D eigenvalue weighted by atomic mass is 32.2. The number of aryl methyl sites for hydroxylation is 1. The van der Waals surface area contributed by atoms with Gasteiger partial charge < -0.3 is 9.72 Å². The zero-order valence-corrected chi connectivity index (χ0v) is 11.7. The summed E-state index contributed by atoms with van der Waals surface area (Å²) in [5, 5.41) is 0.154. The predicted octanol–water partition coefficient (Wildman–Crippen LogP) is 0.770. The summed E-state index contributed by atoms with van der Waals surface area (Å²) in [5.41, 5.74) is 0. The van der Waals surface area contributed by atoms with Crippen molar-refractivity contribution in [1.29, 1.82) is 0 Å². The Morgan fingerprint density at radius 2 is 2.33 bits per heavy atom. The Labute approximate surface area is 107 Å². The van der Waals surface area contributed by atoms with Crippen molar-refractivity contribution >= 4 is 10.0 Å². The van der Waals surface area contributed by atoms with Crippen molar-refractivity contribution in [3.8, 4) is 0 Å². The van der Waals surface area contributed by atoms with Crippen molar-refractivity contribution in [3.63, 3.8) is 0 Å². The summed E-state index contributed by atoms with van der Waals surface area (Å²) in [6.07, 6.45) is 2.72. The fourth-order valence-electron chi connectivity index (χ4n) is 2.19. The molecule has 1 fully saturated rings. The number of sulfonamides is 1. The van der Waals surface area contributed by atoms with E-state index in [0.29, 0.717) is 18.9 Å². The lowest BCUT2D eigenvalue weighted by molar-refractivity contribution is 0.102. The average molecular weight is 273 g/mol. The third kappa shape index (κ3) is 2.30. The minimum Gasteiger partial charge on any atom is -0.377 e. The molecule has 2 rings (SSSR count). The van der Waals surface area contributed by atoms with E-state index in [0.717, 1.165) is 6.42 Å². The van der Waals surface area contributed by atoms with Gasteiger partial charge in [0, 0.05) is 20.1 Å². The molecule has 1 saturated heterocycles. The van der Waals surface area contributed by atoms with Crippen LogP contribution in [0.3, 0.4) is 0 Å². The predicted molar refractivity (Wildman–Crippen MR) is 66.7 cm³/mol. The van der Waals surface area contributed by atoms with Crippen molar-refractivity contribution in [3.05, 3.63) is 12.0 Å². The monoisotopic (exact) mass is 273 g/mol. The fraction of sp³-hybridized carbons (Fsp3) is 0.727. The van der Waals surface area contributed by atoms with Crippen LogP contribution in [-0.2, 0) is 21.2 Å². The number of hydrogen-bond donors (Lipinski definition) is 1. The summed E-state index contributed by atoms with van der Waals surface area (Å²) in [4.78, 5) is 6.88. The standard InChI is InChI=1S/C11H19N3O3S/c1-4-10-12-7-11(13-10)18(15,16)14(3)9-5-6-17-8(9)2/h7-9H,4-6H2,1-3H3,(H,12,13). The van der Waals surface area contributed by atoms with E-state index in [1.807, 2.05) is 13.8 Å². The van der Waals surface area contributed by atoms with E-state index in [1.165, 1.54) is 10.5 Å². The summed E-state index contributed by atoms with van der Waals surface area (Å²) in [5.74, 6) is 0.678. The average Bonchev–Trinajstić information content (AvgIpc) is 2.96. The number of rotatable bonds is 4. The Morgan fingerprint density at radius 3 is 2.83 bits per heavy atom. The van der Waals surface area contributed by atoms with Crippen molar-refractivity contribution < 1.29 is 13.2 Å². The van der Waals surface area contributed by atoms with Crippen molar-refractivity contribution in [2.24, 2.45) is 0 Å². The maximum Gasteiger partial charge on any atom is 0.260 e. The Bertz CT molecular complexity index is 511. The Balaban J connectivity index is 2.24. The van der Waals surface area contributed by atoms with Crippen molar-refractivity contribution in [1.82, 2.24) is 14.3 Å². The molecule has 0 saturated carbocycles. The van der Waals surface area contributed by atoms with Crippen LogP contribution in [0.1, 0.15) is 26.1 Å². The number of hydrogen-bond acceptors (Lipinski definition) is 4. The molecule has 1 aromatic rings. The molecular formula is C11H19N3O3S. The molecule has 6 nitrogen and oxygen atoms in total. The molecule has 1 aliphatic heterocycles. The number of imidazole rings is 1. The fourth-order valence-corrected chi connectivity index (χ4v) is 3.56. The van der Waals surface area contributed by atoms with Crippen LogP contribution in [-0.4, -0.2) is 48.5 Å². The lowest BCUT2D eigenvalue weighted by Gasteiger charge is -2.25. The van der Waals surface area contributed by atoms with Gasteiger partial charge in [-0.15, -0.1) is 0 Å². The number of nitrogens with zero attached hydrogens (tertiary/aromatic N) is 2. The van der Waals surface area contributed by atoms with Crippen LogP contribution >= 0.6 is 0 Å². The van der Waals surface area contributed by atoms with Crippen LogP contribution < -0.4 is 0 Å². The van der Waals surface area contributed by atoms with E-state index in [-0.39, 0.29) is 17.2 Å². The van der Waals surface area contributed by atoms with Crippen LogP contribution in [0, 0.1) is 0 Å². The minimum atomic E-state index is -3.51. The number of ether oxygens (including phenoxy) is 1. The number of nitrogens with one attached hydrogen (secondary N) is 1. The molecule has 1 N–H and O–H groups in total. The second-order valence-corrected chi connectivity index (χ2v) is 6.47. The summed E-state index contributed by atoms with van der Waals surface area (Å²) in [7, 11) is -1.91. The molecule has 0 aromatic carbocycles. The van der Waals surface area contributed by atoms with Gasteiger partial charge in [-0.05, 0) is 13.3 Å². The highest BCUT2D eigenvalue weighted by Crippen LogP contribution is 2.23. The van der Waals surface area contributed by atoms with Gasteiger partial charge in [0.2, 0.25) is 0 Å². The number of aromatic nitrogens is 2. The normalized spacial score (nSPS) is 24.9. The molecule has 2 atom stereocenters. The van der Waals surface area contributed by atoms with Gasteiger partial charge in [0.25, 0.3) is 10.0 Å². The number of aromatic amines is 1. The Morgan fingerprint density at radius 1 is 1.61 bits per heavy atom. The van der Waals surface area contributed by atoms with E-state index < -0.39 is 10.0 Å². The van der Waals surface area contributed by atoms with E-state index >= 15 is 0 Å². The van der Waals surface area contributed by atoms with Gasteiger partial charge in [-0.25, -0.2) is 13.4 Å². The van der Waals surface area contributed by atoms with Crippen molar-refractivity contribution in [2.45, 2.75) is 43.9 Å². The first-order valence-corrected chi connectivity index (χ1v) is 7.54. The largest absolute Gasteiger partial charge is 0.377 e. The van der Waals surface area contributed by atoms with E-state index in [1.54, 1.807) is 7.05 Å². The first kappa shape index (κ1) is 13.5. The first-order valence-electron chi connectivity index (χ1n) is 6.10. The minimum absolute atomic E-state index is 0.0710. The van der Waals surface area contributed by atoms with Gasteiger partial charge >= 0.3 is 0 Å². The van der Waals surface area contributed by atoms with Crippen molar-refractivity contribution in [2.75, 3.05) is 13.7 Å². The van der Waals surface area contributed by atoms with E-state index in [9.17, 15) is 8.42 Å². The molecule has 2 unspecified atom stereocenters. The summed E-state index contributed by atoms with van der Waals surface area (Å²) < 4.78 is 31.6. The van der Waals surface area contributed by atoms with Gasteiger partial charge in [-0.1, -0.05) is 6.92 Å². The van der Waals surface area contributed by atoms with E-state index in [2.05, 4.69) is 9.97 Å². The molecule has 0 aliphatic carbocycles. The van der Waals surface area contributed by atoms with Gasteiger partial charge in [-0.3, -0.25) is 0 Å². The molecule has 1 aromatic heterocycles.